The number of thiophene rings is 1. The summed E-state index contributed by atoms with van der Waals surface area (Å²) in [6.07, 6.45) is 2.20. The minimum atomic E-state index is -0.369. The molecule has 4 nitrogen and oxygen atoms in total. The van der Waals surface area contributed by atoms with Crippen LogP contribution in [0.2, 0.25) is 0 Å². The second kappa shape index (κ2) is 4.25. The molecular weight excluding hydrogens is 234 g/mol. The molecule has 0 saturated carbocycles. The molecule has 0 unspecified atom stereocenters. The van der Waals surface area contributed by atoms with Crippen molar-refractivity contribution in [2.75, 3.05) is 18.0 Å². The second-order valence-electron chi connectivity index (χ2n) is 4.43. The summed E-state index contributed by atoms with van der Waals surface area (Å²) in [6, 6.07) is 3.90. The molecule has 2 aromatic heterocycles. The standard InChI is InChI=1S/C12H15N3OS/c13-8-7-15(5-2-11(8)16)10-1-4-14-9-3-6-17-12(9)10/h1,3-4,6,8,11,16H,2,5,7,13H2/t8-,11-/m1/s1. The average molecular weight is 249 g/mol. The lowest BCUT2D eigenvalue weighted by molar-refractivity contribution is 0.125. The van der Waals surface area contributed by atoms with E-state index < -0.39 is 0 Å². The number of rotatable bonds is 1. The van der Waals surface area contributed by atoms with Crippen LogP contribution in [-0.2, 0) is 0 Å². The third-order valence-electron chi connectivity index (χ3n) is 3.28. The maximum atomic E-state index is 9.65. The Labute approximate surface area is 104 Å². The molecule has 1 aliphatic rings. The fraction of sp³-hybridized carbons (Fsp3) is 0.417. The van der Waals surface area contributed by atoms with E-state index in [0.29, 0.717) is 6.54 Å². The number of anilines is 1. The Morgan fingerprint density at radius 1 is 1.47 bits per heavy atom. The van der Waals surface area contributed by atoms with E-state index in [-0.39, 0.29) is 12.1 Å². The Morgan fingerprint density at radius 2 is 2.35 bits per heavy atom. The normalized spacial score (nSPS) is 25.4. The quantitative estimate of drug-likeness (QED) is 0.797. The zero-order valence-electron chi connectivity index (χ0n) is 9.41. The SMILES string of the molecule is N[C@@H]1CN(c2ccnc3ccsc23)CC[C@H]1O. The molecule has 3 N–H and O–H groups in total. The van der Waals surface area contributed by atoms with E-state index in [1.807, 2.05) is 18.3 Å². The molecule has 1 saturated heterocycles. The summed E-state index contributed by atoms with van der Waals surface area (Å²) in [6.45, 7) is 1.56. The summed E-state index contributed by atoms with van der Waals surface area (Å²) >= 11 is 1.70. The first-order chi connectivity index (χ1) is 8.25. The van der Waals surface area contributed by atoms with E-state index in [0.717, 1.165) is 18.5 Å². The monoisotopic (exact) mass is 249 g/mol. The van der Waals surface area contributed by atoms with Gasteiger partial charge in [-0.2, -0.15) is 0 Å². The third-order valence-corrected chi connectivity index (χ3v) is 4.21. The summed E-state index contributed by atoms with van der Waals surface area (Å²) in [5.41, 5.74) is 8.14. The number of nitrogens with two attached hydrogens (primary N) is 1. The highest BCUT2D eigenvalue weighted by molar-refractivity contribution is 7.17. The minimum Gasteiger partial charge on any atom is -0.391 e. The molecule has 3 rings (SSSR count). The van der Waals surface area contributed by atoms with Gasteiger partial charge >= 0.3 is 0 Å². The van der Waals surface area contributed by atoms with Crippen molar-refractivity contribution >= 4 is 27.2 Å². The number of aliphatic hydroxyl groups is 1. The van der Waals surface area contributed by atoms with Gasteiger partial charge in [-0.05, 0) is 23.9 Å². The van der Waals surface area contributed by atoms with Gasteiger partial charge in [0.15, 0.2) is 0 Å². The summed E-state index contributed by atoms with van der Waals surface area (Å²) in [5, 5.41) is 11.7. The maximum Gasteiger partial charge on any atom is 0.0830 e. The van der Waals surface area contributed by atoms with Crippen molar-refractivity contribution < 1.29 is 5.11 Å². The van der Waals surface area contributed by atoms with Gasteiger partial charge in [-0.3, -0.25) is 4.98 Å². The van der Waals surface area contributed by atoms with Gasteiger partial charge in [0.05, 0.1) is 22.0 Å². The highest BCUT2D eigenvalue weighted by atomic mass is 32.1. The zero-order valence-corrected chi connectivity index (χ0v) is 10.2. The lowest BCUT2D eigenvalue weighted by atomic mass is 10.0. The van der Waals surface area contributed by atoms with Crippen molar-refractivity contribution in [3.63, 3.8) is 0 Å². The maximum absolute atomic E-state index is 9.65. The second-order valence-corrected chi connectivity index (χ2v) is 5.35. The summed E-state index contributed by atoms with van der Waals surface area (Å²) in [4.78, 5) is 6.58. The van der Waals surface area contributed by atoms with E-state index in [1.54, 1.807) is 11.3 Å². The van der Waals surface area contributed by atoms with Crippen molar-refractivity contribution in [1.29, 1.82) is 0 Å². The predicted octanol–water partition coefficient (Wildman–Crippen LogP) is 1.19. The van der Waals surface area contributed by atoms with Crippen LogP contribution in [0.15, 0.2) is 23.7 Å². The molecule has 0 aromatic carbocycles. The van der Waals surface area contributed by atoms with Gasteiger partial charge in [-0.15, -0.1) is 11.3 Å². The first-order valence-corrected chi connectivity index (χ1v) is 6.64. The highest BCUT2D eigenvalue weighted by Crippen LogP contribution is 2.31. The molecule has 17 heavy (non-hydrogen) atoms. The lowest BCUT2D eigenvalue weighted by Crippen LogP contribution is -2.51. The van der Waals surface area contributed by atoms with Crippen molar-refractivity contribution in [3.05, 3.63) is 23.7 Å². The largest absolute Gasteiger partial charge is 0.391 e. The molecule has 0 aliphatic carbocycles. The number of piperidine rings is 1. The number of hydrogen-bond donors (Lipinski definition) is 2. The van der Waals surface area contributed by atoms with Crippen LogP contribution in [0, 0.1) is 0 Å². The molecule has 1 aliphatic heterocycles. The molecule has 90 valence electrons. The van der Waals surface area contributed by atoms with Gasteiger partial charge in [0.2, 0.25) is 0 Å². The Morgan fingerprint density at radius 3 is 3.18 bits per heavy atom. The van der Waals surface area contributed by atoms with Crippen molar-refractivity contribution in [2.24, 2.45) is 5.73 Å². The third kappa shape index (κ3) is 1.90. The van der Waals surface area contributed by atoms with Crippen LogP contribution in [0.4, 0.5) is 5.69 Å². The van der Waals surface area contributed by atoms with E-state index in [4.69, 9.17) is 5.73 Å². The van der Waals surface area contributed by atoms with Gasteiger partial charge in [0.25, 0.3) is 0 Å². The molecule has 3 heterocycles. The Hall–Kier alpha value is -1.17. The molecule has 1 fully saturated rings. The van der Waals surface area contributed by atoms with Crippen LogP contribution >= 0.6 is 11.3 Å². The van der Waals surface area contributed by atoms with Crippen LogP contribution in [0.3, 0.4) is 0 Å². The minimum absolute atomic E-state index is 0.160. The van der Waals surface area contributed by atoms with Gasteiger partial charge in [-0.1, -0.05) is 0 Å². The Bertz CT molecular complexity index is 527. The first-order valence-electron chi connectivity index (χ1n) is 5.76. The topological polar surface area (TPSA) is 62.4 Å². The first kappa shape index (κ1) is 11.0. The number of fused-ring (bicyclic) bond motifs is 1. The number of aromatic nitrogens is 1. The Balaban J connectivity index is 1.96. The van der Waals surface area contributed by atoms with Gasteiger partial charge in [-0.25, -0.2) is 0 Å². The molecule has 5 heteroatoms. The van der Waals surface area contributed by atoms with Crippen LogP contribution < -0.4 is 10.6 Å². The van der Waals surface area contributed by atoms with Crippen LogP contribution in [0.5, 0.6) is 0 Å². The van der Waals surface area contributed by atoms with E-state index in [9.17, 15) is 5.11 Å². The highest BCUT2D eigenvalue weighted by Gasteiger charge is 2.25. The fourth-order valence-electron chi connectivity index (χ4n) is 2.30. The molecule has 2 atom stereocenters. The summed E-state index contributed by atoms with van der Waals surface area (Å²) in [5.74, 6) is 0. The smallest absolute Gasteiger partial charge is 0.0830 e. The van der Waals surface area contributed by atoms with E-state index >= 15 is 0 Å². The van der Waals surface area contributed by atoms with Gasteiger partial charge in [0, 0.05) is 25.3 Å². The van der Waals surface area contributed by atoms with Gasteiger partial charge < -0.3 is 15.7 Å². The predicted molar refractivity (Wildman–Crippen MR) is 70.4 cm³/mol. The van der Waals surface area contributed by atoms with Crippen molar-refractivity contribution in [3.8, 4) is 0 Å². The Kier molecular flexibility index (Phi) is 2.74. The molecule has 0 spiro atoms. The van der Waals surface area contributed by atoms with Crippen molar-refractivity contribution in [1.82, 2.24) is 4.98 Å². The number of nitrogens with zero attached hydrogens (tertiary/aromatic N) is 2. The molecule has 0 bridgehead atoms. The van der Waals surface area contributed by atoms with Crippen LogP contribution in [-0.4, -0.2) is 35.3 Å². The molecular formula is C12H15N3OS. The lowest BCUT2D eigenvalue weighted by Gasteiger charge is -2.35. The van der Waals surface area contributed by atoms with Crippen molar-refractivity contribution in [2.45, 2.75) is 18.6 Å². The molecule has 2 aromatic rings. The van der Waals surface area contributed by atoms with Crippen LogP contribution in [0.1, 0.15) is 6.42 Å². The van der Waals surface area contributed by atoms with E-state index in [2.05, 4.69) is 15.3 Å². The number of aliphatic hydroxyl groups excluding tert-OH is 1. The molecule has 0 amide bonds. The summed E-state index contributed by atoms with van der Waals surface area (Å²) < 4.78 is 1.20. The van der Waals surface area contributed by atoms with Gasteiger partial charge in [0.1, 0.15) is 0 Å². The molecule has 0 radical (unpaired) electrons. The van der Waals surface area contributed by atoms with Crippen LogP contribution in [0.25, 0.3) is 10.2 Å². The fourth-order valence-corrected chi connectivity index (χ4v) is 3.19. The number of pyridine rings is 1. The summed E-state index contributed by atoms with van der Waals surface area (Å²) in [7, 11) is 0. The zero-order chi connectivity index (χ0) is 11.8. The average Bonchev–Trinajstić information content (AvgIpc) is 2.80. The number of hydrogen-bond acceptors (Lipinski definition) is 5. The van der Waals surface area contributed by atoms with E-state index in [1.165, 1.54) is 10.4 Å².